The number of hydrogen-bond acceptors (Lipinski definition) is 4. The largest absolute Gasteiger partial charge is 0.345 e. The second kappa shape index (κ2) is 4.43. The van der Waals surface area contributed by atoms with E-state index in [1.54, 1.807) is 0 Å². The average molecular weight is 226 g/mol. The van der Waals surface area contributed by atoms with Crippen LogP contribution in [0.2, 0.25) is 0 Å². The number of ether oxygens (including phenoxy) is 2. The van der Waals surface area contributed by atoms with E-state index in [-0.39, 0.29) is 18.0 Å². The summed E-state index contributed by atoms with van der Waals surface area (Å²) < 4.78 is 10.7. The topological polar surface area (TPSA) is 35.5 Å². The molecule has 2 rings (SSSR count). The molecule has 2 heterocycles. The Hall–Kier alpha value is -0.710. The van der Waals surface area contributed by atoms with Crippen LogP contribution in [0.3, 0.4) is 0 Å². The van der Waals surface area contributed by atoms with Gasteiger partial charge in [-0.05, 0) is 12.1 Å². The molecule has 0 bridgehead atoms. The first-order valence-electron chi connectivity index (χ1n) is 5.05. The lowest BCUT2D eigenvalue weighted by molar-refractivity contribution is -0.0413. The van der Waals surface area contributed by atoms with E-state index in [1.165, 1.54) is 11.3 Å². The second-order valence-electron chi connectivity index (χ2n) is 3.79. The van der Waals surface area contributed by atoms with E-state index in [0.29, 0.717) is 13.2 Å². The van der Waals surface area contributed by atoms with Crippen molar-refractivity contribution in [2.45, 2.75) is 20.1 Å². The Morgan fingerprint density at radius 1 is 1.40 bits per heavy atom. The lowest BCUT2D eigenvalue weighted by Crippen LogP contribution is -2.04. The Morgan fingerprint density at radius 3 is 2.67 bits per heavy atom. The van der Waals surface area contributed by atoms with Crippen molar-refractivity contribution in [3.05, 3.63) is 21.9 Å². The van der Waals surface area contributed by atoms with Gasteiger partial charge in [0.25, 0.3) is 0 Å². The molecule has 15 heavy (non-hydrogen) atoms. The summed E-state index contributed by atoms with van der Waals surface area (Å²) in [4.78, 5) is 13.5. The van der Waals surface area contributed by atoms with Crippen molar-refractivity contribution in [2.24, 2.45) is 5.92 Å². The third-order valence-corrected chi connectivity index (χ3v) is 3.37. The van der Waals surface area contributed by atoms with Crippen LogP contribution in [0.1, 0.15) is 34.7 Å². The van der Waals surface area contributed by atoms with Gasteiger partial charge in [0.05, 0.1) is 23.0 Å². The SMILES string of the molecule is CC(C)C(=O)c1ccc(C2OCCO2)s1. The summed E-state index contributed by atoms with van der Waals surface area (Å²) in [5.74, 6) is 0.228. The maximum absolute atomic E-state index is 11.7. The van der Waals surface area contributed by atoms with Gasteiger partial charge < -0.3 is 9.47 Å². The summed E-state index contributed by atoms with van der Waals surface area (Å²) in [6, 6.07) is 3.77. The van der Waals surface area contributed by atoms with Gasteiger partial charge in [0, 0.05) is 5.92 Å². The van der Waals surface area contributed by atoms with E-state index in [4.69, 9.17) is 9.47 Å². The molecule has 0 amide bonds. The van der Waals surface area contributed by atoms with Gasteiger partial charge in [0.15, 0.2) is 12.1 Å². The summed E-state index contributed by atoms with van der Waals surface area (Å²) in [7, 11) is 0. The Labute approximate surface area is 93.0 Å². The van der Waals surface area contributed by atoms with Crippen molar-refractivity contribution >= 4 is 17.1 Å². The van der Waals surface area contributed by atoms with Crippen LogP contribution in [0.25, 0.3) is 0 Å². The highest BCUT2D eigenvalue weighted by atomic mass is 32.1. The molecule has 0 spiro atoms. The lowest BCUT2D eigenvalue weighted by atomic mass is 10.1. The zero-order valence-corrected chi connectivity index (χ0v) is 9.67. The molecule has 1 saturated heterocycles. The molecular weight excluding hydrogens is 212 g/mol. The van der Waals surface area contributed by atoms with Gasteiger partial charge in [-0.25, -0.2) is 0 Å². The third kappa shape index (κ3) is 2.27. The van der Waals surface area contributed by atoms with Crippen LogP contribution in [0.15, 0.2) is 12.1 Å². The first-order chi connectivity index (χ1) is 7.18. The quantitative estimate of drug-likeness (QED) is 0.743. The van der Waals surface area contributed by atoms with Crippen molar-refractivity contribution in [3.8, 4) is 0 Å². The number of rotatable bonds is 3. The minimum absolute atomic E-state index is 0.0434. The van der Waals surface area contributed by atoms with Gasteiger partial charge >= 0.3 is 0 Å². The van der Waals surface area contributed by atoms with Crippen molar-refractivity contribution in [2.75, 3.05) is 13.2 Å². The van der Waals surface area contributed by atoms with Crippen LogP contribution in [0.4, 0.5) is 0 Å². The van der Waals surface area contributed by atoms with Crippen LogP contribution in [-0.4, -0.2) is 19.0 Å². The van der Waals surface area contributed by atoms with Crippen LogP contribution < -0.4 is 0 Å². The summed E-state index contributed by atoms with van der Waals surface area (Å²) in [6.45, 7) is 5.08. The Morgan fingerprint density at radius 2 is 2.07 bits per heavy atom. The number of thiophene rings is 1. The fraction of sp³-hybridized carbons (Fsp3) is 0.545. The highest BCUT2D eigenvalue weighted by Gasteiger charge is 2.22. The molecule has 1 aromatic heterocycles. The smallest absolute Gasteiger partial charge is 0.193 e. The second-order valence-corrected chi connectivity index (χ2v) is 4.91. The lowest BCUT2D eigenvalue weighted by Gasteiger charge is -2.05. The van der Waals surface area contributed by atoms with Gasteiger partial charge in [0.2, 0.25) is 0 Å². The number of ketones is 1. The molecule has 0 atom stereocenters. The van der Waals surface area contributed by atoms with E-state index in [2.05, 4.69) is 0 Å². The van der Waals surface area contributed by atoms with E-state index >= 15 is 0 Å². The van der Waals surface area contributed by atoms with Gasteiger partial charge in [-0.15, -0.1) is 11.3 Å². The maximum Gasteiger partial charge on any atom is 0.193 e. The normalized spacial score (nSPS) is 17.5. The van der Waals surface area contributed by atoms with Crippen LogP contribution >= 0.6 is 11.3 Å². The molecule has 0 saturated carbocycles. The predicted octanol–water partition coefficient (Wildman–Crippen LogP) is 2.63. The van der Waals surface area contributed by atoms with Gasteiger partial charge in [-0.2, -0.15) is 0 Å². The summed E-state index contributed by atoms with van der Waals surface area (Å²) in [5.41, 5.74) is 0. The zero-order chi connectivity index (χ0) is 10.8. The molecule has 4 heteroatoms. The zero-order valence-electron chi connectivity index (χ0n) is 8.86. The average Bonchev–Trinajstić information content (AvgIpc) is 2.86. The fourth-order valence-corrected chi connectivity index (χ4v) is 2.51. The third-order valence-electron chi connectivity index (χ3n) is 2.25. The minimum Gasteiger partial charge on any atom is -0.345 e. The summed E-state index contributed by atoms with van der Waals surface area (Å²) >= 11 is 1.47. The van der Waals surface area contributed by atoms with E-state index in [9.17, 15) is 4.79 Å². The molecule has 0 aromatic carbocycles. The molecule has 0 N–H and O–H groups in total. The molecular formula is C11H14O3S. The molecule has 1 aliphatic rings. The van der Waals surface area contributed by atoms with Gasteiger partial charge in [-0.1, -0.05) is 13.8 Å². The fourth-order valence-electron chi connectivity index (χ4n) is 1.42. The van der Waals surface area contributed by atoms with Crippen molar-refractivity contribution < 1.29 is 14.3 Å². The Balaban J connectivity index is 2.12. The van der Waals surface area contributed by atoms with E-state index < -0.39 is 0 Å². The molecule has 0 unspecified atom stereocenters. The standard InChI is InChI=1S/C11H14O3S/c1-7(2)10(12)8-3-4-9(15-8)11-13-5-6-14-11/h3-4,7,11H,5-6H2,1-2H3. The molecule has 3 nitrogen and oxygen atoms in total. The number of carbonyl (C=O) groups is 1. The van der Waals surface area contributed by atoms with Crippen molar-refractivity contribution in [1.82, 2.24) is 0 Å². The molecule has 82 valence electrons. The Bertz CT molecular complexity index is 350. The molecule has 1 aromatic rings. The highest BCUT2D eigenvalue weighted by molar-refractivity contribution is 7.14. The number of Topliss-reactive ketones (excluding diaryl/α,β-unsaturated/α-hetero) is 1. The van der Waals surface area contributed by atoms with Crippen LogP contribution in [0.5, 0.6) is 0 Å². The first-order valence-corrected chi connectivity index (χ1v) is 5.87. The monoisotopic (exact) mass is 226 g/mol. The predicted molar refractivity (Wildman–Crippen MR) is 58.1 cm³/mol. The molecule has 1 fully saturated rings. The van der Waals surface area contributed by atoms with Crippen LogP contribution in [0, 0.1) is 5.92 Å². The van der Waals surface area contributed by atoms with Crippen molar-refractivity contribution in [1.29, 1.82) is 0 Å². The van der Waals surface area contributed by atoms with Crippen molar-refractivity contribution in [3.63, 3.8) is 0 Å². The van der Waals surface area contributed by atoms with Gasteiger partial charge in [0.1, 0.15) is 0 Å². The minimum atomic E-state index is -0.260. The highest BCUT2D eigenvalue weighted by Crippen LogP contribution is 2.30. The first kappa shape index (κ1) is 10.8. The summed E-state index contributed by atoms with van der Waals surface area (Å²) in [5, 5.41) is 0. The number of hydrogen-bond donors (Lipinski definition) is 0. The molecule has 0 radical (unpaired) electrons. The van der Waals surface area contributed by atoms with Gasteiger partial charge in [-0.3, -0.25) is 4.79 Å². The molecule has 0 aliphatic carbocycles. The van der Waals surface area contributed by atoms with E-state index in [0.717, 1.165) is 9.75 Å². The summed E-state index contributed by atoms with van der Waals surface area (Å²) in [6.07, 6.45) is -0.260. The number of carbonyl (C=O) groups excluding carboxylic acids is 1. The Kier molecular flexibility index (Phi) is 3.19. The molecule has 1 aliphatic heterocycles. The maximum atomic E-state index is 11.7. The van der Waals surface area contributed by atoms with E-state index in [1.807, 2.05) is 26.0 Å². The van der Waals surface area contributed by atoms with Crippen LogP contribution in [-0.2, 0) is 9.47 Å².